The predicted molar refractivity (Wildman–Crippen MR) is 91.8 cm³/mol. The Morgan fingerprint density at radius 2 is 1.82 bits per heavy atom. The van der Waals surface area contributed by atoms with Crippen LogP contribution < -0.4 is 0 Å². The molecule has 0 fully saturated rings. The Labute approximate surface area is 138 Å². The Morgan fingerprint density at radius 3 is 2.27 bits per heavy atom. The van der Waals surface area contributed by atoms with E-state index in [2.05, 4.69) is 0 Å². The first-order valence-corrected chi connectivity index (χ1v) is 9.47. The minimum Gasteiger partial charge on any atom is -0.386 e. The molecule has 0 unspecified atom stereocenters. The zero-order valence-corrected chi connectivity index (χ0v) is 15.2. The molecular weight excluding hydrogens is 320 g/mol. The maximum absolute atomic E-state index is 12.8. The first-order chi connectivity index (χ1) is 10.2. The Kier molecular flexibility index (Phi) is 7.10. The first kappa shape index (κ1) is 19.2. The van der Waals surface area contributed by atoms with Crippen LogP contribution in [0, 0.1) is 12.8 Å². The third kappa shape index (κ3) is 4.83. The second-order valence-corrected chi connectivity index (χ2v) is 8.39. The highest BCUT2D eigenvalue weighted by molar-refractivity contribution is 7.95. The summed E-state index contributed by atoms with van der Waals surface area (Å²) in [5, 5.41) is 9.81. The molecule has 0 bridgehead atoms. The van der Waals surface area contributed by atoms with Crippen molar-refractivity contribution in [1.82, 2.24) is 0 Å². The SMILES string of the molecule is CCC[C@@H](Cl)[C@@H](O)/C(=C\C(C)C)S(=O)(=O)c1ccc(C)cc1. The molecule has 0 spiro atoms. The van der Waals surface area contributed by atoms with E-state index in [1.807, 2.05) is 27.7 Å². The van der Waals surface area contributed by atoms with Crippen molar-refractivity contribution < 1.29 is 13.5 Å². The summed E-state index contributed by atoms with van der Waals surface area (Å²) in [7, 11) is -3.75. The van der Waals surface area contributed by atoms with E-state index in [1.165, 1.54) is 0 Å². The summed E-state index contributed by atoms with van der Waals surface area (Å²) in [5.74, 6) is -0.00429. The highest BCUT2D eigenvalue weighted by Crippen LogP contribution is 2.28. The van der Waals surface area contributed by atoms with Crippen LogP contribution in [-0.2, 0) is 9.84 Å². The smallest absolute Gasteiger partial charge is 0.205 e. The van der Waals surface area contributed by atoms with Gasteiger partial charge < -0.3 is 5.11 Å². The van der Waals surface area contributed by atoms with Gasteiger partial charge in [-0.3, -0.25) is 0 Å². The van der Waals surface area contributed by atoms with Crippen LogP contribution >= 0.6 is 11.6 Å². The molecular formula is C17H25ClO3S. The lowest BCUT2D eigenvalue weighted by atomic mass is 10.1. The number of benzene rings is 1. The predicted octanol–water partition coefficient (Wildman–Crippen LogP) is 4.08. The van der Waals surface area contributed by atoms with E-state index in [-0.39, 0.29) is 15.7 Å². The van der Waals surface area contributed by atoms with E-state index in [0.717, 1.165) is 12.0 Å². The number of aliphatic hydroxyl groups excluding tert-OH is 1. The topological polar surface area (TPSA) is 54.4 Å². The number of sulfone groups is 1. The van der Waals surface area contributed by atoms with Crippen molar-refractivity contribution >= 4 is 21.4 Å². The number of halogens is 1. The largest absolute Gasteiger partial charge is 0.386 e. The van der Waals surface area contributed by atoms with Crippen LogP contribution in [0.4, 0.5) is 0 Å². The van der Waals surface area contributed by atoms with Gasteiger partial charge in [-0.2, -0.15) is 0 Å². The van der Waals surface area contributed by atoms with Crippen molar-refractivity contribution in [3.8, 4) is 0 Å². The molecule has 0 saturated heterocycles. The number of hydrogen-bond donors (Lipinski definition) is 1. The summed E-state index contributed by atoms with van der Waals surface area (Å²) in [5.41, 5.74) is 0.982. The van der Waals surface area contributed by atoms with E-state index < -0.39 is 21.3 Å². The van der Waals surface area contributed by atoms with E-state index >= 15 is 0 Å². The summed E-state index contributed by atoms with van der Waals surface area (Å²) in [4.78, 5) is 0.184. The molecule has 0 aliphatic heterocycles. The molecule has 1 aromatic carbocycles. The minimum absolute atomic E-state index is 0.000182. The molecule has 0 amide bonds. The average Bonchev–Trinajstić information content (AvgIpc) is 2.44. The van der Waals surface area contributed by atoms with Crippen molar-refractivity contribution in [2.45, 2.75) is 56.9 Å². The number of aryl methyl sites for hydroxylation is 1. The summed E-state index contributed by atoms with van der Waals surface area (Å²) in [6.45, 7) is 7.59. The third-order valence-corrected chi connectivity index (χ3v) is 5.69. The van der Waals surface area contributed by atoms with Crippen molar-refractivity contribution in [2.24, 2.45) is 5.92 Å². The van der Waals surface area contributed by atoms with Gasteiger partial charge >= 0.3 is 0 Å². The zero-order chi connectivity index (χ0) is 16.9. The maximum atomic E-state index is 12.8. The standard InChI is InChI=1S/C17H25ClO3S/c1-5-6-15(18)17(19)16(11-12(2)3)22(20,21)14-9-7-13(4)8-10-14/h7-12,15,17,19H,5-6H2,1-4H3/b16-11+/t15-,17-/m1/s1. The third-order valence-electron chi connectivity index (χ3n) is 3.34. The molecule has 5 heteroatoms. The summed E-state index contributed by atoms with van der Waals surface area (Å²) in [6.07, 6.45) is 1.73. The molecule has 0 saturated carbocycles. The van der Waals surface area contributed by atoms with Crippen molar-refractivity contribution in [3.05, 3.63) is 40.8 Å². The van der Waals surface area contributed by atoms with Gasteiger partial charge in [-0.15, -0.1) is 11.6 Å². The highest BCUT2D eigenvalue weighted by Gasteiger charge is 2.31. The van der Waals surface area contributed by atoms with Crippen LogP contribution in [0.25, 0.3) is 0 Å². The fourth-order valence-corrected chi connectivity index (χ4v) is 4.27. The van der Waals surface area contributed by atoms with Crippen molar-refractivity contribution in [2.75, 3.05) is 0 Å². The number of rotatable bonds is 7. The normalized spacial score (nSPS) is 15.9. The molecule has 0 aliphatic carbocycles. The molecule has 0 aliphatic rings. The van der Waals surface area contributed by atoms with Gasteiger partial charge in [0.05, 0.1) is 15.2 Å². The number of aliphatic hydroxyl groups is 1. The van der Waals surface area contributed by atoms with Gasteiger partial charge in [-0.05, 0) is 31.4 Å². The van der Waals surface area contributed by atoms with Crippen LogP contribution in [-0.4, -0.2) is 25.0 Å². The minimum atomic E-state index is -3.75. The van der Waals surface area contributed by atoms with Crippen LogP contribution in [0.2, 0.25) is 0 Å². The number of alkyl halides is 1. The van der Waals surface area contributed by atoms with E-state index in [9.17, 15) is 13.5 Å². The molecule has 22 heavy (non-hydrogen) atoms. The zero-order valence-electron chi connectivity index (χ0n) is 13.6. The molecule has 1 N–H and O–H groups in total. The highest BCUT2D eigenvalue weighted by atomic mass is 35.5. The van der Waals surface area contributed by atoms with Crippen LogP contribution in [0.5, 0.6) is 0 Å². The van der Waals surface area contributed by atoms with Gasteiger partial charge in [-0.1, -0.05) is 51.0 Å². The fourth-order valence-electron chi connectivity index (χ4n) is 2.14. The quantitative estimate of drug-likeness (QED) is 0.758. The fraction of sp³-hybridized carbons (Fsp3) is 0.529. The Bertz CT molecular complexity index is 603. The molecule has 124 valence electrons. The van der Waals surface area contributed by atoms with E-state index in [0.29, 0.717) is 6.42 Å². The van der Waals surface area contributed by atoms with Crippen LogP contribution in [0.3, 0.4) is 0 Å². The molecule has 1 rings (SSSR count). The Balaban J connectivity index is 3.30. The second kappa shape index (κ2) is 8.14. The number of allylic oxidation sites excluding steroid dienone is 1. The van der Waals surface area contributed by atoms with Crippen molar-refractivity contribution in [3.63, 3.8) is 0 Å². The Hall–Kier alpha value is -0.840. The maximum Gasteiger partial charge on any atom is 0.205 e. The lowest BCUT2D eigenvalue weighted by Crippen LogP contribution is -2.28. The second-order valence-electron chi connectivity index (χ2n) is 5.88. The van der Waals surface area contributed by atoms with Crippen molar-refractivity contribution in [1.29, 1.82) is 0 Å². The van der Waals surface area contributed by atoms with E-state index in [4.69, 9.17) is 11.6 Å². The van der Waals surface area contributed by atoms with Gasteiger partial charge in [0.2, 0.25) is 9.84 Å². The molecule has 3 nitrogen and oxygen atoms in total. The first-order valence-electron chi connectivity index (χ1n) is 7.55. The number of hydrogen-bond acceptors (Lipinski definition) is 3. The van der Waals surface area contributed by atoms with Gasteiger partial charge in [0.15, 0.2) is 0 Å². The van der Waals surface area contributed by atoms with E-state index in [1.54, 1.807) is 30.3 Å². The molecule has 0 radical (unpaired) electrons. The Morgan fingerprint density at radius 1 is 1.27 bits per heavy atom. The summed E-state index contributed by atoms with van der Waals surface area (Å²) < 4.78 is 25.7. The summed E-state index contributed by atoms with van der Waals surface area (Å²) >= 11 is 6.17. The monoisotopic (exact) mass is 344 g/mol. The van der Waals surface area contributed by atoms with Gasteiger partial charge in [0.25, 0.3) is 0 Å². The van der Waals surface area contributed by atoms with Gasteiger partial charge in [0.1, 0.15) is 6.10 Å². The molecule has 0 heterocycles. The average molecular weight is 345 g/mol. The molecule has 0 aromatic heterocycles. The lowest BCUT2D eigenvalue weighted by molar-refractivity contribution is 0.207. The van der Waals surface area contributed by atoms with Crippen LogP contribution in [0.1, 0.15) is 39.2 Å². The van der Waals surface area contributed by atoms with Gasteiger partial charge in [0, 0.05) is 0 Å². The summed E-state index contributed by atoms with van der Waals surface area (Å²) in [6, 6.07) is 6.62. The van der Waals surface area contributed by atoms with Gasteiger partial charge in [-0.25, -0.2) is 8.42 Å². The molecule has 2 atom stereocenters. The lowest BCUT2D eigenvalue weighted by Gasteiger charge is -2.21. The molecule has 1 aromatic rings. The van der Waals surface area contributed by atoms with Crippen LogP contribution in [0.15, 0.2) is 40.1 Å².